The first-order valence-electron chi connectivity index (χ1n) is 7.85. The predicted molar refractivity (Wildman–Crippen MR) is 97.3 cm³/mol. The predicted octanol–water partition coefficient (Wildman–Crippen LogP) is 3.35. The Bertz CT molecular complexity index is 876. The Labute approximate surface area is 155 Å². The van der Waals surface area contributed by atoms with Gasteiger partial charge >= 0.3 is 0 Å². The third-order valence-electron chi connectivity index (χ3n) is 3.77. The lowest BCUT2D eigenvalue weighted by molar-refractivity contribution is -0.127. The van der Waals surface area contributed by atoms with Crippen molar-refractivity contribution in [3.8, 4) is 6.07 Å². The van der Waals surface area contributed by atoms with Gasteiger partial charge in [0.2, 0.25) is 5.91 Å². The average Bonchev–Trinajstić information content (AvgIpc) is 2.61. The van der Waals surface area contributed by atoms with Crippen LogP contribution in [0, 0.1) is 24.1 Å². The number of nitrogens with zero attached hydrogens (tertiary/aromatic N) is 3. The Kier molecular flexibility index (Phi) is 6.47. The highest BCUT2D eigenvalue weighted by Crippen LogP contribution is 2.23. The van der Waals surface area contributed by atoms with Crippen molar-refractivity contribution in [2.45, 2.75) is 25.4 Å². The minimum atomic E-state index is -0.322. The molecule has 0 bridgehead atoms. The van der Waals surface area contributed by atoms with Crippen LogP contribution in [0.2, 0.25) is 0 Å². The fourth-order valence-corrected chi connectivity index (χ4v) is 3.26. The van der Waals surface area contributed by atoms with Gasteiger partial charge in [-0.1, -0.05) is 23.9 Å². The van der Waals surface area contributed by atoms with Gasteiger partial charge in [-0.3, -0.25) is 9.59 Å². The Hall–Kier alpha value is -2.72. The molecule has 0 aliphatic rings. The van der Waals surface area contributed by atoms with Crippen molar-refractivity contribution >= 4 is 23.5 Å². The summed E-state index contributed by atoms with van der Waals surface area (Å²) in [6, 6.07) is 9.50. The normalized spacial score (nSPS) is 10.3. The molecule has 0 radical (unpaired) electrons. The smallest absolute Gasteiger partial charge is 0.233 e. The van der Waals surface area contributed by atoms with Crippen LogP contribution in [-0.2, 0) is 11.3 Å². The van der Waals surface area contributed by atoms with Gasteiger partial charge in [0.05, 0.1) is 11.3 Å². The van der Waals surface area contributed by atoms with E-state index in [0.29, 0.717) is 22.8 Å². The van der Waals surface area contributed by atoms with Crippen LogP contribution in [0.5, 0.6) is 0 Å². The van der Waals surface area contributed by atoms with Crippen molar-refractivity contribution in [3.63, 3.8) is 0 Å². The maximum Gasteiger partial charge on any atom is 0.233 e. The van der Waals surface area contributed by atoms with Crippen molar-refractivity contribution in [2.24, 2.45) is 0 Å². The molecule has 5 nitrogen and oxygen atoms in total. The number of amides is 1. The van der Waals surface area contributed by atoms with Gasteiger partial charge in [0.25, 0.3) is 0 Å². The molecular formula is C19H18FN3O2S. The summed E-state index contributed by atoms with van der Waals surface area (Å²) >= 11 is 1.16. The number of Topliss-reactive ketones (excluding diaryl/α,β-unsaturated/α-hetero) is 1. The number of benzene rings is 1. The van der Waals surface area contributed by atoms with E-state index in [0.717, 1.165) is 17.3 Å². The number of hydrogen-bond acceptors (Lipinski definition) is 5. The molecule has 0 atom stereocenters. The van der Waals surface area contributed by atoms with Crippen LogP contribution < -0.4 is 0 Å². The number of carbonyl (C=O) groups is 2. The number of rotatable bonds is 6. The highest BCUT2D eigenvalue weighted by molar-refractivity contribution is 7.99. The fourth-order valence-electron chi connectivity index (χ4n) is 2.32. The second-order valence-corrected chi connectivity index (χ2v) is 6.77. The van der Waals surface area contributed by atoms with Crippen LogP contribution in [0.15, 0.2) is 35.4 Å². The number of aromatic nitrogens is 1. The molecule has 1 aromatic heterocycles. The Morgan fingerprint density at radius 2 is 1.96 bits per heavy atom. The van der Waals surface area contributed by atoms with Crippen LogP contribution in [0.3, 0.4) is 0 Å². The molecule has 1 heterocycles. The van der Waals surface area contributed by atoms with E-state index in [9.17, 15) is 19.2 Å². The van der Waals surface area contributed by atoms with Gasteiger partial charge in [-0.05, 0) is 37.6 Å². The van der Waals surface area contributed by atoms with E-state index in [1.165, 1.54) is 30.0 Å². The number of carbonyl (C=O) groups excluding carboxylic acids is 2. The second-order valence-electron chi connectivity index (χ2n) is 5.81. The summed E-state index contributed by atoms with van der Waals surface area (Å²) in [4.78, 5) is 29.7. The maximum atomic E-state index is 12.9. The Morgan fingerprint density at radius 3 is 2.54 bits per heavy atom. The molecule has 2 aromatic rings. The molecule has 134 valence electrons. The molecule has 0 N–H and O–H groups in total. The van der Waals surface area contributed by atoms with Crippen molar-refractivity contribution in [1.82, 2.24) is 9.88 Å². The zero-order valence-corrected chi connectivity index (χ0v) is 15.6. The highest BCUT2D eigenvalue weighted by atomic mass is 32.2. The molecule has 0 aliphatic heterocycles. The first-order chi connectivity index (χ1) is 12.3. The maximum absolute atomic E-state index is 12.9. The summed E-state index contributed by atoms with van der Waals surface area (Å²) in [5.41, 5.74) is 2.04. The van der Waals surface area contributed by atoms with Crippen molar-refractivity contribution in [1.29, 1.82) is 5.26 Å². The van der Waals surface area contributed by atoms with E-state index < -0.39 is 0 Å². The third-order valence-corrected chi connectivity index (χ3v) is 4.74. The molecule has 0 saturated heterocycles. The molecule has 26 heavy (non-hydrogen) atoms. The average molecular weight is 371 g/mol. The Morgan fingerprint density at radius 1 is 1.31 bits per heavy atom. The molecule has 0 fully saturated rings. The fraction of sp³-hybridized carbons (Fsp3) is 0.263. The van der Waals surface area contributed by atoms with Gasteiger partial charge in [0.1, 0.15) is 16.9 Å². The number of hydrogen-bond donors (Lipinski definition) is 0. The van der Waals surface area contributed by atoms with Crippen molar-refractivity contribution < 1.29 is 14.0 Å². The first kappa shape index (κ1) is 19.6. The number of thioether (sulfide) groups is 1. The highest BCUT2D eigenvalue weighted by Gasteiger charge is 2.15. The van der Waals surface area contributed by atoms with Gasteiger partial charge < -0.3 is 4.90 Å². The summed E-state index contributed by atoms with van der Waals surface area (Å²) in [6.45, 7) is 3.48. The third kappa shape index (κ3) is 4.90. The van der Waals surface area contributed by atoms with E-state index in [2.05, 4.69) is 4.98 Å². The first-order valence-corrected chi connectivity index (χ1v) is 8.84. The van der Waals surface area contributed by atoms with Crippen LogP contribution in [0.25, 0.3) is 0 Å². The summed E-state index contributed by atoms with van der Waals surface area (Å²) in [5, 5.41) is 9.70. The summed E-state index contributed by atoms with van der Waals surface area (Å²) in [6.07, 6.45) is 0. The van der Waals surface area contributed by atoms with E-state index in [1.807, 2.05) is 6.07 Å². The number of nitriles is 1. The lowest BCUT2D eigenvalue weighted by atomic mass is 10.1. The van der Waals surface area contributed by atoms with Crippen molar-refractivity contribution in [2.75, 3.05) is 12.8 Å². The lowest BCUT2D eigenvalue weighted by Crippen LogP contribution is -2.27. The van der Waals surface area contributed by atoms with Crippen LogP contribution in [-0.4, -0.2) is 34.4 Å². The minimum absolute atomic E-state index is 0.109. The van der Waals surface area contributed by atoms with Gasteiger partial charge in [-0.15, -0.1) is 0 Å². The van der Waals surface area contributed by atoms with Crippen LogP contribution in [0.1, 0.15) is 34.1 Å². The van der Waals surface area contributed by atoms with E-state index in [-0.39, 0.29) is 28.8 Å². The second kappa shape index (κ2) is 8.59. The van der Waals surface area contributed by atoms with Crippen LogP contribution in [0.4, 0.5) is 4.39 Å². The molecule has 0 saturated carbocycles. The number of pyridine rings is 1. The molecular weight excluding hydrogens is 353 g/mol. The molecule has 1 amide bonds. The zero-order valence-electron chi connectivity index (χ0n) is 14.7. The molecule has 2 rings (SSSR count). The van der Waals surface area contributed by atoms with Crippen molar-refractivity contribution in [3.05, 3.63) is 58.5 Å². The van der Waals surface area contributed by atoms with Gasteiger partial charge in [0.15, 0.2) is 5.78 Å². The van der Waals surface area contributed by atoms with Crippen LogP contribution >= 0.6 is 11.8 Å². The molecule has 0 spiro atoms. The summed E-state index contributed by atoms with van der Waals surface area (Å²) in [5.74, 6) is -0.507. The lowest BCUT2D eigenvalue weighted by Gasteiger charge is -2.17. The largest absolute Gasteiger partial charge is 0.341 e. The SMILES string of the molecule is CC(=O)c1cc(C#N)c(SCC(=O)N(C)Cc2ccc(F)cc2)nc1C. The van der Waals surface area contributed by atoms with E-state index in [1.54, 1.807) is 26.1 Å². The number of aryl methyl sites for hydroxylation is 1. The molecule has 0 unspecified atom stereocenters. The van der Waals surface area contributed by atoms with Gasteiger partial charge in [-0.2, -0.15) is 5.26 Å². The van der Waals surface area contributed by atoms with E-state index in [4.69, 9.17) is 0 Å². The summed E-state index contributed by atoms with van der Waals surface area (Å²) in [7, 11) is 1.66. The minimum Gasteiger partial charge on any atom is -0.341 e. The Balaban J connectivity index is 2.04. The standard InChI is InChI=1S/C19H18FN3O2S/c1-12-17(13(2)24)8-15(9-21)19(22-12)26-11-18(25)23(3)10-14-4-6-16(20)7-5-14/h4-8H,10-11H2,1-3H3. The quantitative estimate of drug-likeness (QED) is 0.575. The van der Waals surface area contributed by atoms with E-state index >= 15 is 0 Å². The summed E-state index contributed by atoms with van der Waals surface area (Å²) < 4.78 is 12.9. The zero-order chi connectivity index (χ0) is 19.3. The van der Waals surface area contributed by atoms with Gasteiger partial charge in [0, 0.05) is 24.8 Å². The molecule has 1 aromatic carbocycles. The number of ketones is 1. The number of halogens is 1. The monoisotopic (exact) mass is 371 g/mol. The van der Waals surface area contributed by atoms with Gasteiger partial charge in [-0.25, -0.2) is 9.37 Å². The molecule has 7 heteroatoms. The molecule has 0 aliphatic carbocycles. The topological polar surface area (TPSA) is 74.1 Å².